The highest BCUT2D eigenvalue weighted by Crippen LogP contribution is 2.35. The maximum atomic E-state index is 12.4. The van der Waals surface area contributed by atoms with E-state index >= 15 is 0 Å². The van der Waals surface area contributed by atoms with E-state index in [1.165, 1.54) is 0 Å². The standard InChI is InChI=1S/C18H26N6O/c1-4-24-16(25)6-5-14(17(24)18-21-9-10-23(18)3)11-22-13(2)15-12-19-7-8-20-15/h7-10,12-14,17,22H,4-6,11H2,1-3H3/t13?,14-,17+/m1/s1. The van der Waals surface area contributed by atoms with Gasteiger partial charge in [0.1, 0.15) is 5.82 Å². The summed E-state index contributed by atoms with van der Waals surface area (Å²) in [7, 11) is 1.99. The van der Waals surface area contributed by atoms with Crippen molar-refractivity contribution in [2.75, 3.05) is 13.1 Å². The number of nitrogens with one attached hydrogen (secondary N) is 1. The molecule has 2 aromatic rings. The average Bonchev–Trinajstić information content (AvgIpc) is 3.06. The summed E-state index contributed by atoms with van der Waals surface area (Å²) in [4.78, 5) is 27.4. The monoisotopic (exact) mass is 342 g/mol. The molecule has 1 fully saturated rings. The quantitative estimate of drug-likeness (QED) is 0.867. The van der Waals surface area contributed by atoms with Crippen molar-refractivity contribution in [3.05, 3.63) is 42.5 Å². The molecule has 0 radical (unpaired) electrons. The molecule has 3 rings (SSSR count). The number of aryl methyl sites for hydroxylation is 1. The minimum absolute atomic E-state index is 0.00723. The van der Waals surface area contributed by atoms with Gasteiger partial charge in [0.15, 0.2) is 0 Å². The highest BCUT2D eigenvalue weighted by atomic mass is 16.2. The lowest BCUT2D eigenvalue weighted by atomic mass is 9.87. The fraction of sp³-hybridized carbons (Fsp3) is 0.556. The molecule has 1 saturated heterocycles. The topological polar surface area (TPSA) is 75.9 Å². The van der Waals surface area contributed by atoms with Crippen LogP contribution in [0.3, 0.4) is 0 Å². The van der Waals surface area contributed by atoms with Crippen molar-refractivity contribution in [1.82, 2.24) is 29.7 Å². The number of nitrogens with zero attached hydrogens (tertiary/aromatic N) is 5. The first-order chi connectivity index (χ1) is 12.1. The summed E-state index contributed by atoms with van der Waals surface area (Å²) in [5.41, 5.74) is 0.926. The van der Waals surface area contributed by atoms with Gasteiger partial charge in [-0.1, -0.05) is 0 Å². The van der Waals surface area contributed by atoms with Gasteiger partial charge in [-0.2, -0.15) is 0 Å². The molecule has 0 bridgehead atoms. The Balaban J connectivity index is 1.76. The lowest BCUT2D eigenvalue weighted by Crippen LogP contribution is -2.46. The van der Waals surface area contributed by atoms with Crippen LogP contribution in [0.1, 0.15) is 50.3 Å². The van der Waals surface area contributed by atoms with E-state index < -0.39 is 0 Å². The number of hydrogen-bond donors (Lipinski definition) is 1. The average molecular weight is 342 g/mol. The van der Waals surface area contributed by atoms with Gasteiger partial charge in [0.2, 0.25) is 5.91 Å². The molecule has 0 saturated carbocycles. The molecule has 0 aliphatic carbocycles. The first-order valence-electron chi connectivity index (χ1n) is 8.87. The van der Waals surface area contributed by atoms with E-state index in [1.54, 1.807) is 24.8 Å². The van der Waals surface area contributed by atoms with Gasteiger partial charge in [0.05, 0.1) is 11.7 Å². The molecule has 7 nitrogen and oxygen atoms in total. The molecule has 7 heteroatoms. The van der Waals surface area contributed by atoms with Gasteiger partial charge in [-0.25, -0.2) is 4.98 Å². The van der Waals surface area contributed by atoms with Gasteiger partial charge < -0.3 is 14.8 Å². The zero-order valence-electron chi connectivity index (χ0n) is 15.1. The number of piperidine rings is 1. The summed E-state index contributed by atoms with van der Waals surface area (Å²) in [6, 6.07) is 0.122. The Bertz CT molecular complexity index is 701. The van der Waals surface area contributed by atoms with Crippen LogP contribution in [0.25, 0.3) is 0 Å². The summed E-state index contributed by atoms with van der Waals surface area (Å²) in [5, 5.41) is 3.56. The van der Waals surface area contributed by atoms with Gasteiger partial charge >= 0.3 is 0 Å². The maximum absolute atomic E-state index is 12.4. The largest absolute Gasteiger partial charge is 0.336 e. The van der Waals surface area contributed by atoms with Crippen LogP contribution in [0.5, 0.6) is 0 Å². The zero-order valence-corrected chi connectivity index (χ0v) is 15.1. The summed E-state index contributed by atoms with van der Waals surface area (Å²) >= 11 is 0. The van der Waals surface area contributed by atoms with E-state index in [-0.39, 0.29) is 18.0 Å². The zero-order chi connectivity index (χ0) is 17.8. The van der Waals surface area contributed by atoms with Gasteiger partial charge in [-0.05, 0) is 26.2 Å². The maximum Gasteiger partial charge on any atom is 0.223 e. The van der Waals surface area contributed by atoms with Gasteiger partial charge in [0, 0.05) is 63.6 Å². The van der Waals surface area contributed by atoms with E-state index in [0.717, 1.165) is 24.5 Å². The Morgan fingerprint density at radius 3 is 2.80 bits per heavy atom. The van der Waals surface area contributed by atoms with Crippen LogP contribution in [0, 0.1) is 5.92 Å². The number of aromatic nitrogens is 4. The van der Waals surface area contributed by atoms with Crippen LogP contribution < -0.4 is 5.32 Å². The minimum atomic E-state index is 0.00723. The minimum Gasteiger partial charge on any atom is -0.336 e. The van der Waals surface area contributed by atoms with E-state index in [1.807, 2.05) is 29.6 Å². The number of hydrogen-bond acceptors (Lipinski definition) is 5. The summed E-state index contributed by atoms with van der Waals surface area (Å²) < 4.78 is 2.02. The molecule has 2 aromatic heterocycles. The SMILES string of the molecule is CCN1C(=O)CC[C@H](CNC(C)c2cnccn2)[C@H]1c1nccn1C. The van der Waals surface area contributed by atoms with Crippen molar-refractivity contribution < 1.29 is 4.79 Å². The first-order valence-corrected chi connectivity index (χ1v) is 8.87. The van der Waals surface area contributed by atoms with Crippen LogP contribution in [0.4, 0.5) is 0 Å². The molecule has 3 heterocycles. The highest BCUT2D eigenvalue weighted by molar-refractivity contribution is 5.77. The Hall–Kier alpha value is -2.28. The molecule has 1 N–H and O–H groups in total. The second kappa shape index (κ2) is 7.74. The van der Waals surface area contributed by atoms with Crippen molar-refractivity contribution in [3.63, 3.8) is 0 Å². The molecular weight excluding hydrogens is 316 g/mol. The third-order valence-electron chi connectivity index (χ3n) is 5.01. The van der Waals surface area contributed by atoms with Crippen LogP contribution in [-0.2, 0) is 11.8 Å². The number of carbonyl (C=O) groups excluding carboxylic acids is 1. The third kappa shape index (κ3) is 3.71. The van der Waals surface area contributed by atoms with E-state index in [2.05, 4.69) is 27.2 Å². The molecule has 1 aliphatic heterocycles. The van der Waals surface area contributed by atoms with Crippen molar-refractivity contribution in [3.8, 4) is 0 Å². The molecule has 1 aliphatic rings. The Labute approximate surface area is 148 Å². The molecule has 0 spiro atoms. The fourth-order valence-electron chi connectivity index (χ4n) is 3.59. The van der Waals surface area contributed by atoms with Crippen LogP contribution in [-0.4, -0.2) is 43.4 Å². The van der Waals surface area contributed by atoms with E-state index in [0.29, 0.717) is 18.9 Å². The number of amides is 1. The fourth-order valence-corrected chi connectivity index (χ4v) is 3.59. The van der Waals surface area contributed by atoms with Crippen LogP contribution >= 0.6 is 0 Å². The summed E-state index contributed by atoms with van der Waals surface area (Å²) in [6.07, 6.45) is 10.4. The number of likely N-dealkylation sites (tertiary alicyclic amines) is 1. The number of rotatable bonds is 6. The first kappa shape index (κ1) is 17.5. The molecule has 134 valence electrons. The third-order valence-corrected chi connectivity index (χ3v) is 5.01. The molecule has 25 heavy (non-hydrogen) atoms. The molecule has 0 aromatic carbocycles. The molecular formula is C18H26N6O. The summed E-state index contributed by atoms with van der Waals surface area (Å²) in [6.45, 7) is 5.63. The normalized spacial score (nSPS) is 22.2. The highest BCUT2D eigenvalue weighted by Gasteiger charge is 2.38. The van der Waals surface area contributed by atoms with Crippen molar-refractivity contribution >= 4 is 5.91 Å². The Morgan fingerprint density at radius 1 is 1.32 bits per heavy atom. The summed E-state index contributed by atoms with van der Waals surface area (Å²) in [5.74, 6) is 1.49. The second-order valence-corrected chi connectivity index (χ2v) is 6.58. The van der Waals surface area contributed by atoms with Crippen LogP contribution in [0.15, 0.2) is 31.0 Å². The predicted molar refractivity (Wildman–Crippen MR) is 94.5 cm³/mol. The Kier molecular flexibility index (Phi) is 5.43. The van der Waals surface area contributed by atoms with Crippen molar-refractivity contribution in [1.29, 1.82) is 0 Å². The van der Waals surface area contributed by atoms with Crippen molar-refractivity contribution in [2.24, 2.45) is 13.0 Å². The van der Waals surface area contributed by atoms with Gasteiger partial charge in [-0.3, -0.25) is 14.8 Å². The molecule has 1 unspecified atom stereocenters. The number of imidazole rings is 1. The Morgan fingerprint density at radius 2 is 2.16 bits per heavy atom. The van der Waals surface area contributed by atoms with Gasteiger partial charge in [0.25, 0.3) is 0 Å². The lowest BCUT2D eigenvalue weighted by Gasteiger charge is -2.40. The lowest BCUT2D eigenvalue weighted by molar-refractivity contribution is -0.139. The second-order valence-electron chi connectivity index (χ2n) is 6.58. The van der Waals surface area contributed by atoms with E-state index in [9.17, 15) is 4.79 Å². The number of carbonyl (C=O) groups is 1. The van der Waals surface area contributed by atoms with Crippen LogP contribution in [0.2, 0.25) is 0 Å². The molecule has 3 atom stereocenters. The van der Waals surface area contributed by atoms with E-state index in [4.69, 9.17) is 0 Å². The van der Waals surface area contributed by atoms with Gasteiger partial charge in [-0.15, -0.1) is 0 Å². The predicted octanol–water partition coefficient (Wildman–Crippen LogP) is 1.86. The molecule has 1 amide bonds. The van der Waals surface area contributed by atoms with Crippen molar-refractivity contribution in [2.45, 2.75) is 38.8 Å². The smallest absolute Gasteiger partial charge is 0.223 e.